The summed E-state index contributed by atoms with van der Waals surface area (Å²) in [4.78, 5) is 2.42. The van der Waals surface area contributed by atoms with Crippen LogP contribution in [0.15, 0.2) is 72.4 Å². The Hall–Kier alpha value is -1.60. The Labute approximate surface area is 124 Å². The van der Waals surface area contributed by atoms with Crippen LogP contribution in [0.5, 0.6) is 0 Å². The second-order valence-corrected chi connectivity index (χ2v) is 5.54. The van der Waals surface area contributed by atoms with Gasteiger partial charge in [0, 0.05) is 12.6 Å². The second kappa shape index (κ2) is 7.86. The van der Waals surface area contributed by atoms with Crippen LogP contribution in [0.25, 0.3) is 0 Å². The van der Waals surface area contributed by atoms with Crippen LogP contribution < -0.4 is 0 Å². The lowest BCUT2D eigenvalue weighted by Crippen LogP contribution is -2.38. The van der Waals surface area contributed by atoms with E-state index in [0.717, 1.165) is 19.4 Å². The SMILES string of the molecule is C=CC=C(C=C)CC1C(C=C(C)C)=C(C=C)CCN1C. The molecule has 1 heteroatoms. The van der Waals surface area contributed by atoms with Crippen LogP contribution in [0.3, 0.4) is 0 Å². The number of likely N-dealkylation sites (N-methyl/N-ethyl adjacent to an activating group) is 1. The van der Waals surface area contributed by atoms with Gasteiger partial charge in [-0.25, -0.2) is 0 Å². The van der Waals surface area contributed by atoms with Gasteiger partial charge in [0.1, 0.15) is 0 Å². The molecule has 20 heavy (non-hydrogen) atoms. The topological polar surface area (TPSA) is 3.24 Å². The van der Waals surface area contributed by atoms with Crippen molar-refractivity contribution >= 4 is 0 Å². The molecule has 1 aliphatic heterocycles. The van der Waals surface area contributed by atoms with Gasteiger partial charge in [0.05, 0.1) is 0 Å². The molecule has 108 valence electrons. The third-order valence-electron chi connectivity index (χ3n) is 3.71. The van der Waals surface area contributed by atoms with Crippen molar-refractivity contribution < 1.29 is 0 Å². The van der Waals surface area contributed by atoms with Crippen LogP contribution >= 0.6 is 0 Å². The standard InChI is InChI=1S/C19H27N/c1-7-10-16(8-2)14-19-18(13-15(4)5)17(9-3)11-12-20(19)6/h7-10,13,19H,1-3,11-12,14H2,4-6H3. The van der Waals surface area contributed by atoms with Crippen molar-refractivity contribution in [3.63, 3.8) is 0 Å². The first kappa shape index (κ1) is 16.5. The van der Waals surface area contributed by atoms with Crippen molar-refractivity contribution in [2.24, 2.45) is 0 Å². The minimum Gasteiger partial charge on any atom is -0.299 e. The quantitative estimate of drug-likeness (QED) is 0.624. The Balaban J connectivity index is 3.19. The molecule has 1 aliphatic rings. The van der Waals surface area contributed by atoms with Crippen LogP contribution in [0.2, 0.25) is 0 Å². The molecular formula is C19H27N. The summed E-state index contributed by atoms with van der Waals surface area (Å²) >= 11 is 0. The number of rotatable bonds is 6. The molecule has 0 aromatic rings. The number of hydrogen-bond acceptors (Lipinski definition) is 1. The summed E-state index contributed by atoms with van der Waals surface area (Å²) in [6, 6.07) is 0.385. The molecule has 0 aromatic carbocycles. The maximum Gasteiger partial charge on any atom is 0.0388 e. The van der Waals surface area contributed by atoms with Gasteiger partial charge in [-0.2, -0.15) is 0 Å². The van der Waals surface area contributed by atoms with Gasteiger partial charge in [-0.05, 0) is 50.5 Å². The molecule has 1 nitrogen and oxygen atoms in total. The maximum atomic E-state index is 3.98. The fraction of sp³-hybridized carbons (Fsp3) is 0.368. The van der Waals surface area contributed by atoms with E-state index < -0.39 is 0 Å². The van der Waals surface area contributed by atoms with E-state index in [4.69, 9.17) is 0 Å². The third-order valence-corrected chi connectivity index (χ3v) is 3.71. The van der Waals surface area contributed by atoms with Gasteiger partial charge in [0.2, 0.25) is 0 Å². The van der Waals surface area contributed by atoms with Gasteiger partial charge in [-0.15, -0.1) is 0 Å². The molecule has 0 N–H and O–H groups in total. The lowest BCUT2D eigenvalue weighted by molar-refractivity contribution is 0.261. The Morgan fingerprint density at radius 2 is 2.00 bits per heavy atom. The zero-order valence-corrected chi connectivity index (χ0v) is 13.2. The molecule has 1 heterocycles. The third kappa shape index (κ3) is 4.21. The zero-order chi connectivity index (χ0) is 15.1. The van der Waals surface area contributed by atoms with Crippen LogP contribution in [-0.4, -0.2) is 24.5 Å². The highest BCUT2D eigenvalue weighted by atomic mass is 15.1. The van der Waals surface area contributed by atoms with E-state index in [1.807, 2.05) is 24.3 Å². The average Bonchev–Trinajstić information content (AvgIpc) is 2.41. The highest BCUT2D eigenvalue weighted by Gasteiger charge is 2.25. The van der Waals surface area contributed by atoms with Crippen LogP contribution in [0.1, 0.15) is 26.7 Å². The fourth-order valence-corrected chi connectivity index (χ4v) is 2.63. The van der Waals surface area contributed by atoms with Crippen molar-refractivity contribution in [3.05, 3.63) is 72.4 Å². The van der Waals surface area contributed by atoms with E-state index in [2.05, 4.69) is 51.6 Å². The predicted molar refractivity (Wildman–Crippen MR) is 90.8 cm³/mol. The van der Waals surface area contributed by atoms with E-state index in [1.165, 1.54) is 22.3 Å². The highest BCUT2D eigenvalue weighted by Crippen LogP contribution is 2.30. The molecule has 0 aliphatic carbocycles. The van der Waals surface area contributed by atoms with E-state index in [0.29, 0.717) is 6.04 Å². The van der Waals surface area contributed by atoms with Gasteiger partial charge in [-0.1, -0.05) is 55.7 Å². The smallest absolute Gasteiger partial charge is 0.0388 e. The second-order valence-electron chi connectivity index (χ2n) is 5.54. The van der Waals surface area contributed by atoms with Gasteiger partial charge in [-0.3, -0.25) is 4.90 Å². The van der Waals surface area contributed by atoms with Crippen molar-refractivity contribution in [3.8, 4) is 0 Å². The van der Waals surface area contributed by atoms with Gasteiger partial charge >= 0.3 is 0 Å². The lowest BCUT2D eigenvalue weighted by atomic mass is 9.87. The Morgan fingerprint density at radius 3 is 2.50 bits per heavy atom. The van der Waals surface area contributed by atoms with Crippen molar-refractivity contribution in [2.45, 2.75) is 32.7 Å². The van der Waals surface area contributed by atoms with Crippen molar-refractivity contribution in [1.82, 2.24) is 4.90 Å². The summed E-state index contributed by atoms with van der Waals surface area (Å²) in [6.45, 7) is 17.0. The zero-order valence-electron chi connectivity index (χ0n) is 13.2. The van der Waals surface area contributed by atoms with Gasteiger partial charge in [0.15, 0.2) is 0 Å². The molecule has 0 fully saturated rings. The first-order valence-corrected chi connectivity index (χ1v) is 7.18. The normalized spacial score (nSPS) is 20.6. The number of nitrogens with zero attached hydrogens (tertiary/aromatic N) is 1. The van der Waals surface area contributed by atoms with E-state index in [9.17, 15) is 0 Å². The first-order chi connectivity index (χ1) is 9.53. The summed E-state index contributed by atoms with van der Waals surface area (Å²) in [5.41, 5.74) is 5.32. The van der Waals surface area contributed by atoms with Gasteiger partial charge < -0.3 is 0 Å². The molecule has 0 radical (unpaired) electrons. The molecule has 0 saturated carbocycles. The summed E-state index contributed by atoms with van der Waals surface area (Å²) < 4.78 is 0. The monoisotopic (exact) mass is 269 g/mol. The molecule has 0 spiro atoms. The Kier molecular flexibility index (Phi) is 6.47. The molecule has 0 bridgehead atoms. The van der Waals surface area contributed by atoms with Crippen molar-refractivity contribution in [1.29, 1.82) is 0 Å². The summed E-state index contributed by atoms with van der Waals surface area (Å²) in [5, 5.41) is 0. The average molecular weight is 269 g/mol. The number of hydrogen-bond donors (Lipinski definition) is 0. The van der Waals surface area contributed by atoms with Crippen LogP contribution in [-0.2, 0) is 0 Å². The summed E-state index contributed by atoms with van der Waals surface area (Å²) in [7, 11) is 2.19. The highest BCUT2D eigenvalue weighted by molar-refractivity contribution is 5.41. The largest absolute Gasteiger partial charge is 0.299 e. The number of allylic oxidation sites excluding steroid dienone is 5. The molecule has 1 atom stereocenters. The molecule has 0 aromatic heterocycles. The molecular weight excluding hydrogens is 242 g/mol. The summed E-state index contributed by atoms with van der Waals surface area (Å²) in [5.74, 6) is 0. The van der Waals surface area contributed by atoms with E-state index >= 15 is 0 Å². The Morgan fingerprint density at radius 1 is 1.30 bits per heavy atom. The minimum absolute atomic E-state index is 0.385. The van der Waals surface area contributed by atoms with Crippen molar-refractivity contribution in [2.75, 3.05) is 13.6 Å². The molecule has 1 rings (SSSR count). The molecule has 0 saturated heterocycles. The first-order valence-electron chi connectivity index (χ1n) is 7.18. The lowest BCUT2D eigenvalue weighted by Gasteiger charge is -2.35. The molecule has 1 unspecified atom stereocenters. The Bertz CT molecular complexity index is 470. The predicted octanol–water partition coefficient (Wildman–Crippen LogP) is 4.83. The fourth-order valence-electron chi connectivity index (χ4n) is 2.63. The van der Waals surface area contributed by atoms with Gasteiger partial charge in [0.25, 0.3) is 0 Å². The van der Waals surface area contributed by atoms with E-state index in [-0.39, 0.29) is 0 Å². The summed E-state index contributed by atoms with van der Waals surface area (Å²) in [6.07, 6.45) is 12.2. The van der Waals surface area contributed by atoms with Crippen LogP contribution in [0.4, 0.5) is 0 Å². The van der Waals surface area contributed by atoms with Crippen LogP contribution in [0, 0.1) is 0 Å². The minimum atomic E-state index is 0.385. The maximum absolute atomic E-state index is 3.98. The van der Waals surface area contributed by atoms with E-state index in [1.54, 1.807) is 0 Å². The molecule has 0 amide bonds.